The van der Waals surface area contributed by atoms with E-state index in [0.29, 0.717) is 17.6 Å². The van der Waals surface area contributed by atoms with Crippen molar-refractivity contribution >= 4 is 24.4 Å². The first kappa shape index (κ1) is 20.6. The van der Waals surface area contributed by atoms with Gasteiger partial charge >= 0.3 is 0 Å². The van der Waals surface area contributed by atoms with Crippen LogP contribution in [0.3, 0.4) is 0 Å². The Morgan fingerprint density at radius 3 is 2.14 bits per heavy atom. The highest BCUT2D eigenvalue weighted by Crippen LogP contribution is 2.50. The zero-order valence-corrected chi connectivity index (χ0v) is 18.4. The van der Waals surface area contributed by atoms with E-state index in [2.05, 4.69) is 85.1 Å². The lowest BCUT2D eigenvalue weighted by molar-refractivity contribution is -0.123. The van der Waals surface area contributed by atoms with Crippen molar-refractivity contribution in [1.82, 2.24) is 10.6 Å². The van der Waals surface area contributed by atoms with Crippen LogP contribution in [0.1, 0.15) is 46.0 Å². The first-order chi connectivity index (χ1) is 14.1. The third kappa shape index (κ3) is 4.73. The molecule has 1 heterocycles. The zero-order valence-electron chi connectivity index (χ0n) is 17.6. The predicted molar refractivity (Wildman–Crippen MR) is 123 cm³/mol. The lowest BCUT2D eigenvalue weighted by Gasteiger charge is -2.34. The lowest BCUT2D eigenvalue weighted by Crippen LogP contribution is -2.48. The van der Waals surface area contributed by atoms with Crippen LogP contribution in [0, 0.1) is 5.92 Å². The number of hydrogen-bond acceptors (Lipinski definition) is 2. The summed E-state index contributed by atoms with van der Waals surface area (Å²) in [6, 6.07) is 22.7. The van der Waals surface area contributed by atoms with Crippen LogP contribution >= 0.6 is 7.92 Å². The van der Waals surface area contributed by atoms with Gasteiger partial charge in [0.05, 0.1) is 6.04 Å². The molecule has 0 radical (unpaired) electrons. The van der Waals surface area contributed by atoms with Crippen LogP contribution < -0.4 is 21.2 Å². The summed E-state index contributed by atoms with van der Waals surface area (Å²) in [5, 5.41) is 9.72. The van der Waals surface area contributed by atoms with Crippen LogP contribution in [0.4, 0.5) is 0 Å². The normalized spacial score (nSPS) is 27.8. The summed E-state index contributed by atoms with van der Waals surface area (Å²) >= 11 is 0. The Bertz CT molecular complexity index is 757. The van der Waals surface area contributed by atoms with Gasteiger partial charge in [-0.2, -0.15) is 0 Å². The maximum Gasteiger partial charge on any atom is 0.237 e. The second kappa shape index (κ2) is 9.41. The Morgan fingerprint density at radius 1 is 0.966 bits per heavy atom. The Balaban J connectivity index is 1.54. The van der Waals surface area contributed by atoms with Crippen molar-refractivity contribution in [2.45, 2.75) is 69.7 Å². The van der Waals surface area contributed by atoms with Crippen LogP contribution in [0.2, 0.25) is 0 Å². The van der Waals surface area contributed by atoms with Gasteiger partial charge in [-0.3, -0.25) is 4.79 Å². The fourth-order valence-corrected chi connectivity index (χ4v) is 8.43. The topological polar surface area (TPSA) is 41.1 Å². The minimum Gasteiger partial charge on any atom is -0.352 e. The molecule has 0 bridgehead atoms. The molecule has 0 aromatic heterocycles. The maximum absolute atomic E-state index is 12.8. The standard InChI is InChI=1S/C25H33N2OP/c1-18-16-17-23(26-18)25(28)27-19(2)22-14-9-15-24(22)29(20-10-5-3-6-11-20)21-12-7-4-8-13-21/h3-8,10-13,18-19,22-24,26H,9,14-17H2,1-2H3,(H,27,28)/t18-,19+,22?,23+,24?/m0/s1. The zero-order chi connectivity index (χ0) is 20.2. The molecule has 2 fully saturated rings. The van der Waals surface area contributed by atoms with Gasteiger partial charge in [0.25, 0.3) is 0 Å². The SMILES string of the molecule is C[C@H]1CC[C@H](C(=O)N[C@H](C)C2CCCC2P(c2ccccc2)c2ccccc2)N1. The Morgan fingerprint density at radius 2 is 1.59 bits per heavy atom. The molecule has 0 spiro atoms. The van der Waals surface area contributed by atoms with Crippen molar-refractivity contribution in [2.24, 2.45) is 5.92 Å². The molecule has 2 aromatic carbocycles. The molecule has 2 N–H and O–H groups in total. The largest absolute Gasteiger partial charge is 0.352 e. The van der Waals surface area contributed by atoms with Gasteiger partial charge in [0.15, 0.2) is 0 Å². The predicted octanol–water partition coefficient (Wildman–Crippen LogP) is 3.93. The summed E-state index contributed by atoms with van der Waals surface area (Å²) in [5.74, 6) is 0.723. The minimum atomic E-state index is -0.433. The van der Waals surface area contributed by atoms with Crippen LogP contribution in [0.15, 0.2) is 60.7 Å². The van der Waals surface area contributed by atoms with Gasteiger partial charge in [0, 0.05) is 12.1 Å². The highest BCUT2D eigenvalue weighted by Gasteiger charge is 2.39. The lowest BCUT2D eigenvalue weighted by atomic mass is 9.99. The monoisotopic (exact) mass is 408 g/mol. The molecular formula is C25H33N2OP. The van der Waals surface area contributed by atoms with Gasteiger partial charge in [-0.1, -0.05) is 67.1 Å². The van der Waals surface area contributed by atoms with E-state index in [-0.39, 0.29) is 18.0 Å². The fourth-order valence-electron chi connectivity index (χ4n) is 5.15. The molecule has 1 saturated carbocycles. The van der Waals surface area contributed by atoms with E-state index in [1.165, 1.54) is 29.9 Å². The average molecular weight is 409 g/mol. The Hall–Kier alpha value is -1.70. The van der Waals surface area contributed by atoms with E-state index >= 15 is 0 Å². The molecular weight excluding hydrogens is 375 g/mol. The molecule has 2 unspecified atom stereocenters. The highest BCUT2D eigenvalue weighted by molar-refractivity contribution is 7.73. The number of rotatable bonds is 6. The number of amides is 1. The third-order valence-electron chi connectivity index (χ3n) is 6.63. The number of carbonyl (C=O) groups excluding carboxylic acids is 1. The number of nitrogens with one attached hydrogen (secondary N) is 2. The quantitative estimate of drug-likeness (QED) is 0.711. The average Bonchev–Trinajstić information content (AvgIpc) is 3.39. The molecule has 4 heteroatoms. The van der Waals surface area contributed by atoms with Crippen LogP contribution in [0.25, 0.3) is 0 Å². The van der Waals surface area contributed by atoms with Crippen LogP contribution in [-0.2, 0) is 4.79 Å². The summed E-state index contributed by atoms with van der Waals surface area (Å²) in [4.78, 5) is 12.8. The molecule has 5 atom stereocenters. The fraction of sp³-hybridized carbons (Fsp3) is 0.480. The first-order valence-corrected chi connectivity index (χ1v) is 12.5. The minimum absolute atomic E-state index is 0.0166. The van der Waals surface area contributed by atoms with Crippen LogP contribution in [-0.4, -0.2) is 29.7 Å². The highest BCUT2D eigenvalue weighted by atomic mass is 31.1. The van der Waals surface area contributed by atoms with Crippen molar-refractivity contribution in [1.29, 1.82) is 0 Å². The first-order valence-electron chi connectivity index (χ1n) is 11.1. The van der Waals surface area contributed by atoms with Gasteiger partial charge in [-0.25, -0.2) is 0 Å². The summed E-state index contributed by atoms with van der Waals surface area (Å²) in [5.41, 5.74) is 0.612. The van der Waals surface area contributed by atoms with Gasteiger partial charge in [-0.15, -0.1) is 0 Å². The second-order valence-electron chi connectivity index (χ2n) is 8.70. The van der Waals surface area contributed by atoms with Crippen molar-refractivity contribution in [3.8, 4) is 0 Å². The van der Waals surface area contributed by atoms with E-state index in [4.69, 9.17) is 0 Å². The Kier molecular flexibility index (Phi) is 6.67. The van der Waals surface area contributed by atoms with Gasteiger partial charge in [0.1, 0.15) is 0 Å². The molecule has 2 aliphatic rings. The van der Waals surface area contributed by atoms with Gasteiger partial charge in [0.2, 0.25) is 5.91 Å². The number of carbonyl (C=O) groups is 1. The molecule has 29 heavy (non-hydrogen) atoms. The van der Waals surface area contributed by atoms with Crippen molar-refractivity contribution < 1.29 is 4.79 Å². The molecule has 1 aliphatic heterocycles. The molecule has 2 aromatic rings. The number of benzene rings is 2. The van der Waals surface area contributed by atoms with Crippen molar-refractivity contribution in [3.05, 3.63) is 60.7 Å². The summed E-state index contributed by atoms with van der Waals surface area (Å²) in [7, 11) is -0.433. The third-order valence-corrected chi connectivity index (χ3v) is 9.65. The summed E-state index contributed by atoms with van der Waals surface area (Å²) in [6.07, 6.45) is 5.76. The molecule has 1 amide bonds. The van der Waals surface area contributed by atoms with Gasteiger partial charge < -0.3 is 10.6 Å². The smallest absolute Gasteiger partial charge is 0.237 e. The van der Waals surface area contributed by atoms with E-state index in [9.17, 15) is 4.79 Å². The molecule has 1 saturated heterocycles. The van der Waals surface area contributed by atoms with Crippen molar-refractivity contribution in [2.75, 3.05) is 0 Å². The van der Waals surface area contributed by atoms with E-state index in [0.717, 1.165) is 12.8 Å². The van der Waals surface area contributed by atoms with Crippen LogP contribution in [0.5, 0.6) is 0 Å². The van der Waals surface area contributed by atoms with E-state index in [1.54, 1.807) is 0 Å². The van der Waals surface area contributed by atoms with Crippen molar-refractivity contribution in [3.63, 3.8) is 0 Å². The molecule has 154 valence electrons. The van der Waals surface area contributed by atoms with Gasteiger partial charge in [-0.05, 0) is 69.6 Å². The summed E-state index contributed by atoms with van der Waals surface area (Å²) in [6.45, 7) is 4.39. The summed E-state index contributed by atoms with van der Waals surface area (Å²) < 4.78 is 0. The molecule has 1 aliphatic carbocycles. The maximum atomic E-state index is 12.8. The Labute approximate surface area is 176 Å². The molecule has 3 nitrogen and oxygen atoms in total. The second-order valence-corrected chi connectivity index (χ2v) is 11.1. The van der Waals surface area contributed by atoms with E-state index < -0.39 is 7.92 Å². The molecule has 4 rings (SSSR count). The number of hydrogen-bond donors (Lipinski definition) is 2. The van der Waals surface area contributed by atoms with E-state index in [1.807, 2.05) is 0 Å².